The Morgan fingerprint density at radius 1 is 1.15 bits per heavy atom. The molecular formula is C22H24N2O2. The fourth-order valence-electron chi connectivity index (χ4n) is 3.08. The number of para-hydroxylation sites is 1. The molecule has 0 saturated carbocycles. The zero-order chi connectivity index (χ0) is 18.5. The average Bonchev–Trinajstić information content (AvgIpc) is 2.67. The minimum absolute atomic E-state index is 0.0562. The molecule has 3 aromatic rings. The zero-order valence-electron chi connectivity index (χ0n) is 15.5. The van der Waals surface area contributed by atoms with Crippen molar-refractivity contribution in [2.45, 2.75) is 32.7 Å². The molecule has 0 aliphatic rings. The van der Waals surface area contributed by atoms with Crippen LogP contribution < -0.4 is 10.1 Å². The normalized spacial score (nSPS) is 12.0. The second-order valence-electron chi connectivity index (χ2n) is 6.46. The van der Waals surface area contributed by atoms with E-state index in [1.807, 2.05) is 61.5 Å². The third kappa shape index (κ3) is 3.85. The van der Waals surface area contributed by atoms with Gasteiger partial charge in [-0.1, -0.05) is 31.5 Å². The van der Waals surface area contributed by atoms with Crippen LogP contribution in [0.3, 0.4) is 0 Å². The molecule has 0 fully saturated rings. The molecule has 0 saturated heterocycles. The van der Waals surface area contributed by atoms with E-state index >= 15 is 0 Å². The third-order valence-electron chi connectivity index (χ3n) is 4.45. The Hall–Kier alpha value is -2.88. The highest BCUT2D eigenvalue weighted by Gasteiger charge is 2.15. The van der Waals surface area contributed by atoms with Crippen LogP contribution in [0.25, 0.3) is 22.2 Å². The number of pyridine rings is 1. The summed E-state index contributed by atoms with van der Waals surface area (Å²) in [6.45, 7) is 4.15. The van der Waals surface area contributed by atoms with Gasteiger partial charge in [0.2, 0.25) is 0 Å². The maximum Gasteiger partial charge on any atom is 0.252 e. The summed E-state index contributed by atoms with van der Waals surface area (Å²) in [6.07, 6.45) is 2.00. The third-order valence-corrected chi connectivity index (χ3v) is 4.45. The summed E-state index contributed by atoms with van der Waals surface area (Å²) in [5, 5.41) is 3.97. The van der Waals surface area contributed by atoms with Gasteiger partial charge in [-0.25, -0.2) is 4.98 Å². The van der Waals surface area contributed by atoms with Gasteiger partial charge >= 0.3 is 0 Å². The number of rotatable bonds is 6. The molecule has 4 heteroatoms. The molecule has 0 unspecified atom stereocenters. The van der Waals surface area contributed by atoms with Crippen LogP contribution in [0.2, 0.25) is 0 Å². The van der Waals surface area contributed by atoms with Gasteiger partial charge in [-0.2, -0.15) is 0 Å². The van der Waals surface area contributed by atoms with Crippen molar-refractivity contribution in [1.82, 2.24) is 10.3 Å². The van der Waals surface area contributed by atoms with Crippen molar-refractivity contribution in [1.29, 1.82) is 0 Å². The first-order chi connectivity index (χ1) is 12.6. The first kappa shape index (κ1) is 17.9. The fourth-order valence-corrected chi connectivity index (χ4v) is 3.08. The Labute approximate surface area is 154 Å². The lowest BCUT2D eigenvalue weighted by molar-refractivity contribution is 0.0940. The molecule has 1 atom stereocenters. The molecule has 1 N–H and O–H groups in total. The number of ether oxygens (including phenoxy) is 1. The van der Waals surface area contributed by atoms with E-state index in [9.17, 15) is 4.79 Å². The molecule has 26 heavy (non-hydrogen) atoms. The number of benzene rings is 2. The highest BCUT2D eigenvalue weighted by molar-refractivity contribution is 6.07. The molecule has 4 nitrogen and oxygen atoms in total. The topological polar surface area (TPSA) is 51.2 Å². The summed E-state index contributed by atoms with van der Waals surface area (Å²) in [4.78, 5) is 17.6. The van der Waals surface area contributed by atoms with E-state index in [4.69, 9.17) is 9.72 Å². The van der Waals surface area contributed by atoms with E-state index in [1.165, 1.54) is 0 Å². The first-order valence-corrected chi connectivity index (χ1v) is 8.97. The first-order valence-electron chi connectivity index (χ1n) is 8.97. The van der Waals surface area contributed by atoms with E-state index in [1.54, 1.807) is 7.11 Å². The van der Waals surface area contributed by atoms with Crippen LogP contribution in [0.4, 0.5) is 0 Å². The Morgan fingerprint density at radius 2 is 1.88 bits per heavy atom. The molecular weight excluding hydrogens is 324 g/mol. The summed E-state index contributed by atoms with van der Waals surface area (Å²) >= 11 is 0. The van der Waals surface area contributed by atoms with Crippen LogP contribution in [0.1, 0.15) is 37.0 Å². The van der Waals surface area contributed by atoms with Gasteiger partial charge in [0.1, 0.15) is 5.75 Å². The van der Waals surface area contributed by atoms with Gasteiger partial charge in [0.05, 0.1) is 23.9 Å². The summed E-state index contributed by atoms with van der Waals surface area (Å²) in [5.41, 5.74) is 3.20. The molecule has 1 aromatic heterocycles. The molecule has 2 aromatic carbocycles. The van der Waals surface area contributed by atoms with Crippen molar-refractivity contribution in [3.63, 3.8) is 0 Å². The van der Waals surface area contributed by atoms with Crippen LogP contribution in [0.5, 0.6) is 5.75 Å². The van der Waals surface area contributed by atoms with Crippen LogP contribution in [-0.4, -0.2) is 24.0 Å². The summed E-state index contributed by atoms with van der Waals surface area (Å²) in [6, 6.07) is 17.5. The van der Waals surface area contributed by atoms with Crippen molar-refractivity contribution in [2.24, 2.45) is 0 Å². The molecule has 0 bridgehead atoms. The maximum atomic E-state index is 12.9. The molecule has 0 spiro atoms. The number of aromatic nitrogens is 1. The molecule has 1 amide bonds. The fraction of sp³-hybridized carbons (Fsp3) is 0.273. The Kier molecular flexibility index (Phi) is 5.52. The average molecular weight is 348 g/mol. The van der Waals surface area contributed by atoms with E-state index in [2.05, 4.69) is 12.2 Å². The number of carbonyl (C=O) groups excluding carboxylic acids is 1. The van der Waals surface area contributed by atoms with Gasteiger partial charge in [-0.15, -0.1) is 0 Å². The van der Waals surface area contributed by atoms with E-state index in [0.717, 1.165) is 40.8 Å². The zero-order valence-corrected chi connectivity index (χ0v) is 15.5. The van der Waals surface area contributed by atoms with Gasteiger partial charge in [0, 0.05) is 17.0 Å². The lowest BCUT2D eigenvalue weighted by Gasteiger charge is -2.15. The number of hydrogen-bond acceptors (Lipinski definition) is 3. The second kappa shape index (κ2) is 8.00. The van der Waals surface area contributed by atoms with Crippen LogP contribution in [0.15, 0.2) is 54.6 Å². The van der Waals surface area contributed by atoms with Gasteiger partial charge in [-0.05, 0) is 49.7 Å². The molecule has 0 aliphatic carbocycles. The molecule has 0 radical (unpaired) electrons. The molecule has 134 valence electrons. The van der Waals surface area contributed by atoms with Gasteiger partial charge in [-0.3, -0.25) is 4.79 Å². The van der Waals surface area contributed by atoms with E-state index in [-0.39, 0.29) is 11.9 Å². The monoisotopic (exact) mass is 348 g/mol. The predicted molar refractivity (Wildman–Crippen MR) is 106 cm³/mol. The highest BCUT2D eigenvalue weighted by atomic mass is 16.5. The number of nitrogens with zero attached hydrogens (tertiary/aromatic N) is 1. The van der Waals surface area contributed by atoms with Crippen LogP contribution in [-0.2, 0) is 0 Å². The van der Waals surface area contributed by atoms with Crippen molar-refractivity contribution < 1.29 is 9.53 Å². The standard InChI is InChI=1S/C22H24N2O2/c1-4-7-15(2)23-22(25)19-14-21(16-10-12-17(26-3)13-11-16)24-20-9-6-5-8-18(19)20/h5-6,8-15H,4,7H2,1-3H3,(H,23,25)/t15-/m1/s1. The molecule has 0 aliphatic heterocycles. The Balaban J connectivity index is 2.04. The minimum Gasteiger partial charge on any atom is -0.497 e. The van der Waals surface area contributed by atoms with Crippen LogP contribution >= 0.6 is 0 Å². The smallest absolute Gasteiger partial charge is 0.252 e. The predicted octanol–water partition coefficient (Wildman–Crippen LogP) is 4.83. The number of hydrogen-bond donors (Lipinski definition) is 1. The van der Waals surface area contributed by atoms with Gasteiger partial charge < -0.3 is 10.1 Å². The summed E-state index contributed by atoms with van der Waals surface area (Å²) in [7, 11) is 1.64. The van der Waals surface area contributed by atoms with Crippen molar-refractivity contribution in [3.05, 3.63) is 60.2 Å². The highest BCUT2D eigenvalue weighted by Crippen LogP contribution is 2.26. The van der Waals surface area contributed by atoms with Gasteiger partial charge in [0.15, 0.2) is 0 Å². The lowest BCUT2D eigenvalue weighted by atomic mass is 10.0. The minimum atomic E-state index is -0.0562. The van der Waals surface area contributed by atoms with Crippen molar-refractivity contribution in [3.8, 4) is 17.0 Å². The molecule has 3 rings (SSSR count). The van der Waals surface area contributed by atoms with E-state index in [0.29, 0.717) is 5.56 Å². The number of amides is 1. The lowest BCUT2D eigenvalue weighted by Crippen LogP contribution is -2.32. The summed E-state index contributed by atoms with van der Waals surface area (Å²) in [5.74, 6) is 0.736. The van der Waals surface area contributed by atoms with E-state index < -0.39 is 0 Å². The second-order valence-corrected chi connectivity index (χ2v) is 6.46. The summed E-state index contributed by atoms with van der Waals surface area (Å²) < 4.78 is 5.22. The quantitative estimate of drug-likeness (QED) is 0.694. The number of carbonyl (C=O) groups is 1. The van der Waals surface area contributed by atoms with Gasteiger partial charge in [0.25, 0.3) is 5.91 Å². The molecule has 1 heterocycles. The van der Waals surface area contributed by atoms with Crippen LogP contribution in [0, 0.1) is 0 Å². The number of fused-ring (bicyclic) bond motifs is 1. The Morgan fingerprint density at radius 3 is 2.58 bits per heavy atom. The largest absolute Gasteiger partial charge is 0.497 e. The maximum absolute atomic E-state index is 12.9. The van der Waals surface area contributed by atoms with Crippen molar-refractivity contribution >= 4 is 16.8 Å². The number of methoxy groups -OCH3 is 1. The Bertz CT molecular complexity index is 904. The number of nitrogens with one attached hydrogen (secondary N) is 1. The SMILES string of the molecule is CCC[C@@H](C)NC(=O)c1cc(-c2ccc(OC)cc2)nc2ccccc12. The van der Waals surface area contributed by atoms with Crippen molar-refractivity contribution in [2.75, 3.05) is 7.11 Å².